The number of rotatable bonds is 2. The predicted molar refractivity (Wildman–Crippen MR) is 87.6 cm³/mol. The lowest BCUT2D eigenvalue weighted by atomic mass is 9.92. The zero-order valence-electron chi connectivity index (χ0n) is 13.8. The number of amides is 1. The third kappa shape index (κ3) is 2.25. The summed E-state index contributed by atoms with van der Waals surface area (Å²) in [7, 11) is 3.78. The van der Waals surface area contributed by atoms with Crippen molar-refractivity contribution in [1.29, 1.82) is 0 Å². The number of aromatic amines is 1. The Labute approximate surface area is 138 Å². The number of anilines is 1. The molecular weight excluding hydrogens is 314 g/mol. The third-order valence-corrected chi connectivity index (χ3v) is 5.36. The van der Waals surface area contributed by atoms with Crippen molar-refractivity contribution in [2.24, 2.45) is 5.41 Å². The number of nitrogens with one attached hydrogen (secondary N) is 1. The van der Waals surface area contributed by atoms with Gasteiger partial charge < -0.3 is 14.8 Å². The number of halogens is 2. The van der Waals surface area contributed by atoms with Crippen molar-refractivity contribution in [3.8, 4) is 0 Å². The van der Waals surface area contributed by atoms with Crippen LogP contribution in [0.3, 0.4) is 0 Å². The number of carbonyl (C=O) groups excluding carboxylic acids is 1. The highest BCUT2D eigenvalue weighted by molar-refractivity contribution is 5.97. The topological polar surface area (TPSA) is 52.2 Å². The molecule has 2 aromatic rings. The number of carbonyl (C=O) groups is 1. The van der Waals surface area contributed by atoms with Crippen molar-refractivity contribution in [3.63, 3.8) is 0 Å². The maximum Gasteiger partial charge on any atom is 0.254 e. The Morgan fingerprint density at radius 1 is 1.29 bits per heavy atom. The summed E-state index contributed by atoms with van der Waals surface area (Å²) in [5.74, 6) is -1.90. The maximum atomic E-state index is 13.4. The molecule has 2 fully saturated rings. The number of alkyl halides is 2. The molecule has 0 radical (unpaired) electrons. The molecule has 1 aromatic carbocycles. The quantitative estimate of drug-likeness (QED) is 0.919. The molecule has 7 heteroatoms. The van der Waals surface area contributed by atoms with E-state index < -0.39 is 11.3 Å². The van der Waals surface area contributed by atoms with Crippen molar-refractivity contribution < 1.29 is 13.6 Å². The second-order valence-electron chi connectivity index (χ2n) is 7.14. The van der Waals surface area contributed by atoms with Gasteiger partial charge in [0.15, 0.2) is 0 Å². The second kappa shape index (κ2) is 4.91. The molecule has 0 bridgehead atoms. The number of likely N-dealkylation sites (tertiary alicyclic amines) is 1. The van der Waals surface area contributed by atoms with E-state index in [0.29, 0.717) is 31.5 Å². The first-order chi connectivity index (χ1) is 11.3. The normalized spacial score (nSPS) is 21.2. The molecule has 0 atom stereocenters. The van der Waals surface area contributed by atoms with E-state index in [1.54, 1.807) is 17.0 Å². The summed E-state index contributed by atoms with van der Waals surface area (Å²) in [6.45, 7) is 0.802. The van der Waals surface area contributed by atoms with Crippen LogP contribution < -0.4 is 4.90 Å². The van der Waals surface area contributed by atoms with Crippen LogP contribution in [0.5, 0.6) is 0 Å². The summed E-state index contributed by atoms with van der Waals surface area (Å²) < 4.78 is 26.9. The van der Waals surface area contributed by atoms with Crippen LogP contribution in [-0.4, -0.2) is 53.9 Å². The molecule has 4 rings (SSSR count). The van der Waals surface area contributed by atoms with Gasteiger partial charge in [0.05, 0.1) is 11.0 Å². The smallest absolute Gasteiger partial charge is 0.254 e. The van der Waals surface area contributed by atoms with Crippen LogP contribution in [0.15, 0.2) is 18.2 Å². The molecule has 1 aliphatic carbocycles. The number of aromatic nitrogens is 2. The number of piperidine rings is 1. The zero-order valence-corrected chi connectivity index (χ0v) is 13.8. The molecule has 24 heavy (non-hydrogen) atoms. The lowest BCUT2D eigenvalue weighted by molar-refractivity contribution is 0.0284. The third-order valence-electron chi connectivity index (χ3n) is 5.36. The van der Waals surface area contributed by atoms with E-state index in [-0.39, 0.29) is 12.3 Å². The molecule has 1 amide bonds. The molecule has 2 heterocycles. The summed E-state index contributed by atoms with van der Waals surface area (Å²) >= 11 is 0. The van der Waals surface area contributed by atoms with Crippen LogP contribution >= 0.6 is 0 Å². The first-order valence-electron chi connectivity index (χ1n) is 8.16. The fourth-order valence-electron chi connectivity index (χ4n) is 3.58. The van der Waals surface area contributed by atoms with E-state index in [1.165, 1.54) is 0 Å². The lowest BCUT2D eigenvalue weighted by Gasteiger charge is -2.32. The number of hydrogen-bond acceptors (Lipinski definition) is 3. The Morgan fingerprint density at radius 2 is 1.96 bits per heavy atom. The summed E-state index contributed by atoms with van der Waals surface area (Å²) in [6.07, 6.45) is 0.765. The number of fused-ring (bicyclic) bond motifs is 1. The van der Waals surface area contributed by atoms with E-state index >= 15 is 0 Å². The van der Waals surface area contributed by atoms with Crippen molar-refractivity contribution >= 4 is 22.9 Å². The molecule has 1 aliphatic heterocycles. The first kappa shape index (κ1) is 15.4. The lowest BCUT2D eigenvalue weighted by Crippen LogP contribution is -2.40. The van der Waals surface area contributed by atoms with E-state index in [9.17, 15) is 13.6 Å². The first-order valence-corrected chi connectivity index (χ1v) is 8.16. The summed E-state index contributed by atoms with van der Waals surface area (Å²) in [5.41, 5.74) is 1.32. The predicted octanol–water partition coefficient (Wildman–Crippen LogP) is 2.89. The molecule has 128 valence electrons. The average Bonchev–Trinajstić information content (AvgIpc) is 2.91. The summed E-state index contributed by atoms with van der Waals surface area (Å²) in [4.78, 5) is 23.8. The van der Waals surface area contributed by atoms with E-state index in [4.69, 9.17) is 0 Å². The van der Waals surface area contributed by atoms with Crippen LogP contribution in [0, 0.1) is 5.41 Å². The van der Waals surface area contributed by atoms with E-state index in [1.807, 2.05) is 25.1 Å². The molecule has 1 N–H and O–H groups in total. The standard InChI is InChI=1S/C17H20F2N4O/c1-22(2)15-20-12-4-3-11(9-13(12)21-15)14(24)23-7-5-16(6-8-23)10-17(16,18)19/h3-4,9H,5-8,10H2,1-2H3,(H,20,21). The molecular formula is C17H20F2N4O. The van der Waals surface area contributed by atoms with Crippen molar-refractivity contribution in [2.45, 2.75) is 25.2 Å². The van der Waals surface area contributed by atoms with Gasteiger partial charge in [0.25, 0.3) is 11.8 Å². The monoisotopic (exact) mass is 334 g/mol. The fraction of sp³-hybridized carbons (Fsp3) is 0.529. The Morgan fingerprint density at radius 3 is 2.54 bits per heavy atom. The van der Waals surface area contributed by atoms with Crippen LogP contribution in [0.4, 0.5) is 14.7 Å². The van der Waals surface area contributed by atoms with Gasteiger partial charge in [0.2, 0.25) is 5.95 Å². The van der Waals surface area contributed by atoms with E-state index in [2.05, 4.69) is 9.97 Å². The molecule has 0 unspecified atom stereocenters. The maximum absolute atomic E-state index is 13.4. The Kier molecular flexibility index (Phi) is 3.14. The number of imidazole rings is 1. The summed E-state index contributed by atoms with van der Waals surface area (Å²) in [5, 5.41) is 0. The van der Waals surface area contributed by atoms with Gasteiger partial charge in [-0.2, -0.15) is 0 Å². The zero-order chi connectivity index (χ0) is 17.1. The number of benzene rings is 1. The van der Waals surface area contributed by atoms with Crippen LogP contribution in [0.1, 0.15) is 29.6 Å². The fourth-order valence-corrected chi connectivity index (χ4v) is 3.58. The van der Waals surface area contributed by atoms with Crippen LogP contribution in [0.2, 0.25) is 0 Å². The number of hydrogen-bond donors (Lipinski definition) is 1. The SMILES string of the molecule is CN(C)c1nc2ccc(C(=O)N3CCC4(CC3)CC4(F)F)cc2[nH]1. The highest BCUT2D eigenvalue weighted by Gasteiger charge is 2.70. The molecule has 1 saturated carbocycles. The van der Waals surface area contributed by atoms with Gasteiger partial charge in [-0.05, 0) is 31.0 Å². The van der Waals surface area contributed by atoms with Crippen molar-refractivity contribution in [3.05, 3.63) is 23.8 Å². The van der Waals surface area contributed by atoms with Gasteiger partial charge in [0.1, 0.15) is 0 Å². The van der Waals surface area contributed by atoms with E-state index in [0.717, 1.165) is 17.0 Å². The van der Waals surface area contributed by atoms with Crippen LogP contribution in [-0.2, 0) is 0 Å². The highest BCUT2D eigenvalue weighted by atomic mass is 19.3. The van der Waals surface area contributed by atoms with Gasteiger partial charge in [-0.3, -0.25) is 4.79 Å². The largest absolute Gasteiger partial charge is 0.349 e. The Bertz CT molecular complexity index is 806. The molecule has 1 aromatic heterocycles. The van der Waals surface area contributed by atoms with Gasteiger partial charge in [-0.1, -0.05) is 0 Å². The highest BCUT2D eigenvalue weighted by Crippen LogP contribution is 2.65. The van der Waals surface area contributed by atoms with Gasteiger partial charge in [-0.25, -0.2) is 13.8 Å². The summed E-state index contributed by atoms with van der Waals surface area (Å²) in [6, 6.07) is 5.35. The van der Waals surface area contributed by atoms with Gasteiger partial charge in [-0.15, -0.1) is 0 Å². The van der Waals surface area contributed by atoms with Gasteiger partial charge >= 0.3 is 0 Å². The average molecular weight is 334 g/mol. The molecule has 1 spiro atoms. The Hall–Kier alpha value is -2.18. The van der Waals surface area contributed by atoms with Crippen LogP contribution in [0.25, 0.3) is 11.0 Å². The van der Waals surface area contributed by atoms with Crippen molar-refractivity contribution in [2.75, 3.05) is 32.1 Å². The van der Waals surface area contributed by atoms with Gasteiger partial charge in [0, 0.05) is 44.6 Å². The minimum Gasteiger partial charge on any atom is -0.349 e. The Balaban J connectivity index is 1.51. The number of H-pyrrole nitrogens is 1. The minimum absolute atomic E-state index is 0.0184. The second-order valence-corrected chi connectivity index (χ2v) is 7.14. The molecule has 5 nitrogen and oxygen atoms in total. The minimum atomic E-state index is -2.53. The van der Waals surface area contributed by atoms with Crippen molar-refractivity contribution in [1.82, 2.24) is 14.9 Å². The molecule has 1 saturated heterocycles. The molecule has 2 aliphatic rings. The number of nitrogens with zero attached hydrogens (tertiary/aromatic N) is 3.